The monoisotopic (exact) mass is 295 g/mol. The Labute approximate surface area is 120 Å². The van der Waals surface area contributed by atoms with E-state index in [4.69, 9.17) is 23.2 Å². The fourth-order valence-electron chi connectivity index (χ4n) is 1.85. The molecule has 19 heavy (non-hydrogen) atoms. The molecule has 1 N–H and O–H groups in total. The number of halogens is 2. The molecular weight excluding hydrogens is 285 g/mol. The number of carboxylic acids is 1. The third-order valence-corrected chi connectivity index (χ3v) is 3.30. The normalized spacial score (nSPS) is 12.1. The number of aromatic nitrogens is 1. The summed E-state index contributed by atoms with van der Waals surface area (Å²) in [6.07, 6.45) is 1.84. The van der Waals surface area contributed by atoms with Gasteiger partial charge in [-0.05, 0) is 36.2 Å². The van der Waals surface area contributed by atoms with Gasteiger partial charge in [-0.2, -0.15) is 0 Å². The van der Waals surface area contributed by atoms with E-state index in [0.717, 1.165) is 5.56 Å². The molecule has 2 rings (SSSR count). The van der Waals surface area contributed by atoms with Gasteiger partial charge in [-0.1, -0.05) is 35.3 Å². The van der Waals surface area contributed by atoms with Crippen molar-refractivity contribution in [1.82, 2.24) is 4.98 Å². The molecule has 0 bridgehead atoms. The van der Waals surface area contributed by atoms with Crippen molar-refractivity contribution in [3.63, 3.8) is 0 Å². The maximum atomic E-state index is 11.4. The molecule has 0 fully saturated rings. The summed E-state index contributed by atoms with van der Waals surface area (Å²) in [6.45, 7) is 0. The van der Waals surface area contributed by atoms with Crippen LogP contribution in [0.5, 0.6) is 0 Å². The Morgan fingerprint density at radius 1 is 1.26 bits per heavy atom. The number of carbonyl (C=O) groups is 1. The third-order valence-electron chi connectivity index (χ3n) is 2.74. The Kier molecular flexibility index (Phi) is 4.40. The zero-order chi connectivity index (χ0) is 13.8. The van der Waals surface area contributed by atoms with Gasteiger partial charge in [0.25, 0.3) is 0 Å². The van der Waals surface area contributed by atoms with Crippen molar-refractivity contribution >= 4 is 29.2 Å². The molecule has 1 atom stereocenters. The standard InChI is InChI=1S/C14H11Cl2NO2/c15-10-4-1-3-9(7-10)8-11(14(18)19)13-12(16)5-2-6-17-13/h1-7,11H,8H2,(H,18,19). The molecule has 5 heteroatoms. The second kappa shape index (κ2) is 6.04. The van der Waals surface area contributed by atoms with Crippen molar-refractivity contribution in [1.29, 1.82) is 0 Å². The van der Waals surface area contributed by atoms with Gasteiger partial charge < -0.3 is 5.11 Å². The van der Waals surface area contributed by atoms with Gasteiger partial charge in [0.1, 0.15) is 5.92 Å². The van der Waals surface area contributed by atoms with E-state index in [0.29, 0.717) is 22.2 Å². The summed E-state index contributed by atoms with van der Waals surface area (Å²) in [6, 6.07) is 10.4. The van der Waals surface area contributed by atoms with Gasteiger partial charge in [-0.3, -0.25) is 9.78 Å². The van der Waals surface area contributed by atoms with E-state index in [1.807, 2.05) is 6.07 Å². The van der Waals surface area contributed by atoms with E-state index in [1.165, 1.54) is 6.20 Å². The van der Waals surface area contributed by atoms with E-state index >= 15 is 0 Å². The zero-order valence-electron chi connectivity index (χ0n) is 9.88. The van der Waals surface area contributed by atoms with Crippen molar-refractivity contribution in [2.75, 3.05) is 0 Å². The van der Waals surface area contributed by atoms with Gasteiger partial charge in [0.15, 0.2) is 0 Å². The number of hydrogen-bond acceptors (Lipinski definition) is 2. The van der Waals surface area contributed by atoms with Crippen molar-refractivity contribution in [3.8, 4) is 0 Å². The highest BCUT2D eigenvalue weighted by Crippen LogP contribution is 2.26. The molecule has 1 heterocycles. The first-order valence-electron chi connectivity index (χ1n) is 5.65. The summed E-state index contributed by atoms with van der Waals surface area (Å²) in [5.74, 6) is -1.74. The summed E-state index contributed by atoms with van der Waals surface area (Å²) in [4.78, 5) is 15.5. The molecule has 1 aromatic carbocycles. The van der Waals surface area contributed by atoms with Crippen LogP contribution in [0.15, 0.2) is 42.6 Å². The second-order valence-electron chi connectivity index (χ2n) is 4.10. The van der Waals surface area contributed by atoms with Crippen LogP contribution in [-0.2, 0) is 11.2 Å². The number of rotatable bonds is 4. The van der Waals surface area contributed by atoms with E-state index < -0.39 is 11.9 Å². The lowest BCUT2D eigenvalue weighted by Gasteiger charge is -2.13. The average Bonchev–Trinajstić information content (AvgIpc) is 2.37. The van der Waals surface area contributed by atoms with Crippen LogP contribution in [-0.4, -0.2) is 16.1 Å². The van der Waals surface area contributed by atoms with Crippen LogP contribution in [0.2, 0.25) is 10.0 Å². The zero-order valence-corrected chi connectivity index (χ0v) is 11.4. The molecule has 0 saturated carbocycles. The molecule has 0 amide bonds. The molecule has 0 saturated heterocycles. The van der Waals surface area contributed by atoms with Crippen molar-refractivity contribution in [2.45, 2.75) is 12.3 Å². The highest BCUT2D eigenvalue weighted by molar-refractivity contribution is 6.31. The number of carboxylic acid groups (broad SMARTS) is 1. The minimum Gasteiger partial charge on any atom is -0.481 e. The number of pyridine rings is 1. The number of aliphatic carboxylic acids is 1. The molecule has 2 aromatic rings. The third kappa shape index (κ3) is 3.46. The van der Waals surface area contributed by atoms with Gasteiger partial charge >= 0.3 is 5.97 Å². The number of benzene rings is 1. The summed E-state index contributed by atoms with van der Waals surface area (Å²) in [5, 5.41) is 10.3. The Morgan fingerprint density at radius 2 is 2.05 bits per heavy atom. The van der Waals surface area contributed by atoms with Gasteiger partial charge in [-0.15, -0.1) is 0 Å². The maximum Gasteiger partial charge on any atom is 0.312 e. The molecule has 1 unspecified atom stereocenters. The topological polar surface area (TPSA) is 50.2 Å². The van der Waals surface area contributed by atoms with Gasteiger partial charge in [-0.25, -0.2) is 0 Å². The van der Waals surface area contributed by atoms with Gasteiger partial charge in [0.05, 0.1) is 10.7 Å². The second-order valence-corrected chi connectivity index (χ2v) is 4.94. The minimum absolute atomic E-state index is 0.298. The lowest BCUT2D eigenvalue weighted by atomic mass is 9.96. The van der Waals surface area contributed by atoms with Crippen LogP contribution in [0.25, 0.3) is 0 Å². The lowest BCUT2D eigenvalue weighted by Crippen LogP contribution is -2.16. The molecule has 0 aliphatic carbocycles. The molecule has 98 valence electrons. The minimum atomic E-state index is -0.958. The van der Waals surface area contributed by atoms with Gasteiger partial charge in [0, 0.05) is 11.2 Å². The summed E-state index contributed by atoms with van der Waals surface area (Å²) in [5.41, 5.74) is 1.21. The van der Waals surface area contributed by atoms with Crippen LogP contribution in [0.3, 0.4) is 0 Å². The van der Waals surface area contributed by atoms with E-state index in [1.54, 1.807) is 30.3 Å². The lowest BCUT2D eigenvalue weighted by molar-refractivity contribution is -0.138. The summed E-state index contributed by atoms with van der Waals surface area (Å²) < 4.78 is 0. The predicted molar refractivity (Wildman–Crippen MR) is 74.8 cm³/mol. The van der Waals surface area contributed by atoms with E-state index in [9.17, 15) is 9.90 Å². The smallest absolute Gasteiger partial charge is 0.312 e. The molecule has 0 spiro atoms. The highest BCUT2D eigenvalue weighted by atomic mass is 35.5. The molecule has 3 nitrogen and oxygen atoms in total. The summed E-state index contributed by atoms with van der Waals surface area (Å²) in [7, 11) is 0. The quantitative estimate of drug-likeness (QED) is 0.933. The predicted octanol–water partition coefficient (Wildman–Crippen LogP) is 3.80. The number of nitrogens with zero attached hydrogens (tertiary/aromatic N) is 1. The largest absolute Gasteiger partial charge is 0.481 e. The maximum absolute atomic E-state index is 11.4. The van der Waals surface area contributed by atoms with Crippen LogP contribution in [0.1, 0.15) is 17.2 Å². The first-order valence-corrected chi connectivity index (χ1v) is 6.41. The number of hydrogen-bond donors (Lipinski definition) is 1. The fourth-order valence-corrected chi connectivity index (χ4v) is 2.32. The van der Waals surface area contributed by atoms with E-state index in [2.05, 4.69) is 4.98 Å². The SMILES string of the molecule is O=C(O)C(Cc1cccc(Cl)c1)c1ncccc1Cl. The van der Waals surface area contributed by atoms with Crippen LogP contribution >= 0.6 is 23.2 Å². The van der Waals surface area contributed by atoms with Gasteiger partial charge in [0.2, 0.25) is 0 Å². The van der Waals surface area contributed by atoms with E-state index in [-0.39, 0.29) is 0 Å². The van der Waals surface area contributed by atoms with Crippen LogP contribution < -0.4 is 0 Å². The summed E-state index contributed by atoms with van der Waals surface area (Å²) >= 11 is 11.9. The van der Waals surface area contributed by atoms with Crippen molar-refractivity contribution < 1.29 is 9.90 Å². The Balaban J connectivity index is 2.32. The Hall–Kier alpha value is -1.58. The van der Waals surface area contributed by atoms with Crippen molar-refractivity contribution in [3.05, 3.63) is 63.9 Å². The fraction of sp³-hybridized carbons (Fsp3) is 0.143. The molecule has 0 aliphatic heterocycles. The van der Waals surface area contributed by atoms with Crippen molar-refractivity contribution in [2.24, 2.45) is 0 Å². The molecule has 0 aliphatic rings. The Bertz CT molecular complexity index is 602. The average molecular weight is 296 g/mol. The first-order chi connectivity index (χ1) is 9.08. The Morgan fingerprint density at radius 3 is 2.68 bits per heavy atom. The molecule has 1 aromatic heterocycles. The first kappa shape index (κ1) is 13.8. The van der Waals surface area contributed by atoms with Crippen LogP contribution in [0, 0.1) is 0 Å². The highest BCUT2D eigenvalue weighted by Gasteiger charge is 2.24. The van der Waals surface area contributed by atoms with Crippen LogP contribution in [0.4, 0.5) is 0 Å². The molecular formula is C14H11Cl2NO2. The molecule has 0 radical (unpaired) electrons.